The highest BCUT2D eigenvalue weighted by molar-refractivity contribution is 5.96. The molecule has 0 aliphatic heterocycles. The number of hydrazone groups is 1. The number of hydrogen-bond acceptors (Lipinski definition) is 5. The molecule has 8 heteroatoms. The van der Waals surface area contributed by atoms with Crippen molar-refractivity contribution in [2.45, 2.75) is 0 Å². The molecule has 0 bridgehead atoms. The van der Waals surface area contributed by atoms with Crippen LogP contribution in [0.1, 0.15) is 15.9 Å². The quantitative estimate of drug-likeness (QED) is 0.475. The first-order chi connectivity index (χ1) is 11.6. The molecule has 0 unspecified atom stereocenters. The Morgan fingerprint density at radius 2 is 1.75 bits per heavy atom. The number of nitro benzene ring substituents is 1. The predicted molar refractivity (Wildman–Crippen MR) is 87.6 cm³/mol. The van der Waals surface area contributed by atoms with Gasteiger partial charge < -0.3 is 5.32 Å². The van der Waals surface area contributed by atoms with Crippen LogP contribution in [0.3, 0.4) is 0 Å². The summed E-state index contributed by atoms with van der Waals surface area (Å²) >= 11 is 0. The summed E-state index contributed by atoms with van der Waals surface area (Å²) in [5.41, 5.74) is 3.28. The molecule has 0 spiro atoms. The Morgan fingerprint density at radius 3 is 2.38 bits per heavy atom. The predicted octanol–water partition coefficient (Wildman–Crippen LogP) is 1.47. The van der Waals surface area contributed by atoms with Gasteiger partial charge in [0.2, 0.25) is 0 Å². The first-order valence-electron chi connectivity index (χ1n) is 6.96. The average molecular weight is 326 g/mol. The fourth-order valence-electron chi connectivity index (χ4n) is 1.75. The minimum atomic E-state index is -0.502. The summed E-state index contributed by atoms with van der Waals surface area (Å²) in [4.78, 5) is 33.4. The lowest BCUT2D eigenvalue weighted by molar-refractivity contribution is -0.384. The molecule has 2 aromatic rings. The van der Waals surface area contributed by atoms with Crippen molar-refractivity contribution in [2.75, 3.05) is 6.54 Å². The van der Waals surface area contributed by atoms with Crippen LogP contribution in [-0.4, -0.2) is 29.5 Å². The van der Waals surface area contributed by atoms with Gasteiger partial charge >= 0.3 is 0 Å². The van der Waals surface area contributed by atoms with Gasteiger partial charge in [-0.15, -0.1) is 0 Å². The average Bonchev–Trinajstić information content (AvgIpc) is 2.61. The van der Waals surface area contributed by atoms with E-state index in [1.54, 1.807) is 30.3 Å². The third-order valence-corrected chi connectivity index (χ3v) is 2.95. The van der Waals surface area contributed by atoms with Gasteiger partial charge in [-0.25, -0.2) is 5.43 Å². The maximum atomic E-state index is 11.7. The number of non-ortho nitro benzene ring substituents is 1. The van der Waals surface area contributed by atoms with E-state index < -0.39 is 10.8 Å². The van der Waals surface area contributed by atoms with Crippen LogP contribution in [0.25, 0.3) is 0 Å². The van der Waals surface area contributed by atoms with Crippen molar-refractivity contribution in [3.63, 3.8) is 0 Å². The second-order valence-electron chi connectivity index (χ2n) is 4.69. The second kappa shape index (κ2) is 8.18. The molecule has 8 nitrogen and oxygen atoms in total. The minimum Gasteiger partial charge on any atom is -0.343 e. The molecular weight excluding hydrogens is 312 g/mol. The van der Waals surface area contributed by atoms with Crippen LogP contribution in [-0.2, 0) is 4.79 Å². The number of nitrogens with one attached hydrogen (secondary N) is 2. The number of nitro groups is 1. The van der Waals surface area contributed by atoms with E-state index in [4.69, 9.17) is 0 Å². The van der Waals surface area contributed by atoms with Crippen LogP contribution in [0.4, 0.5) is 5.69 Å². The zero-order valence-corrected chi connectivity index (χ0v) is 12.5. The summed E-state index contributed by atoms with van der Waals surface area (Å²) in [7, 11) is 0. The van der Waals surface area contributed by atoms with Crippen molar-refractivity contribution < 1.29 is 14.5 Å². The van der Waals surface area contributed by atoms with Gasteiger partial charge in [0.1, 0.15) is 0 Å². The highest BCUT2D eigenvalue weighted by Gasteiger charge is 2.06. The maximum absolute atomic E-state index is 11.7. The van der Waals surface area contributed by atoms with Gasteiger partial charge in [0.05, 0.1) is 17.7 Å². The molecule has 122 valence electrons. The Bertz CT molecular complexity index is 757. The number of carbonyl (C=O) groups excluding carboxylic acids is 2. The largest absolute Gasteiger partial charge is 0.343 e. The molecule has 0 heterocycles. The van der Waals surface area contributed by atoms with E-state index in [0.717, 1.165) is 0 Å². The molecule has 2 rings (SSSR count). The zero-order chi connectivity index (χ0) is 17.4. The molecule has 2 N–H and O–H groups in total. The lowest BCUT2D eigenvalue weighted by Crippen LogP contribution is -2.34. The van der Waals surface area contributed by atoms with Gasteiger partial charge in [-0.2, -0.15) is 5.10 Å². The van der Waals surface area contributed by atoms with Gasteiger partial charge in [0.15, 0.2) is 0 Å². The van der Waals surface area contributed by atoms with E-state index >= 15 is 0 Å². The summed E-state index contributed by atoms with van der Waals surface area (Å²) in [5.74, 6) is -0.845. The molecule has 0 atom stereocenters. The third-order valence-electron chi connectivity index (χ3n) is 2.95. The smallest absolute Gasteiger partial charge is 0.269 e. The van der Waals surface area contributed by atoms with Gasteiger partial charge in [0, 0.05) is 17.7 Å². The van der Waals surface area contributed by atoms with Crippen LogP contribution in [0.15, 0.2) is 59.7 Å². The molecule has 0 aliphatic carbocycles. The highest BCUT2D eigenvalue weighted by Crippen LogP contribution is 2.10. The third kappa shape index (κ3) is 5.02. The van der Waals surface area contributed by atoms with E-state index in [1.807, 2.05) is 0 Å². The number of rotatable bonds is 6. The van der Waals surface area contributed by atoms with E-state index in [9.17, 15) is 19.7 Å². The van der Waals surface area contributed by atoms with E-state index in [2.05, 4.69) is 15.8 Å². The lowest BCUT2D eigenvalue weighted by Gasteiger charge is -2.03. The first kappa shape index (κ1) is 16.8. The van der Waals surface area contributed by atoms with Crippen LogP contribution < -0.4 is 10.7 Å². The summed E-state index contributed by atoms with van der Waals surface area (Å²) in [6.45, 7) is -0.217. The first-order valence-corrected chi connectivity index (χ1v) is 6.96. The number of nitrogens with zero attached hydrogens (tertiary/aromatic N) is 2. The van der Waals surface area contributed by atoms with Crippen molar-refractivity contribution in [3.05, 3.63) is 75.8 Å². The standard InChI is InChI=1S/C16H14N4O4/c21-15(11-17-16(22)13-4-2-1-3-5-13)19-18-10-12-6-8-14(9-7-12)20(23)24/h1-10H,11H2,(H,17,22)(H,19,21). The number of amides is 2. The molecule has 24 heavy (non-hydrogen) atoms. The number of hydrogen-bond donors (Lipinski definition) is 2. The Morgan fingerprint density at radius 1 is 1.08 bits per heavy atom. The molecule has 0 radical (unpaired) electrons. The summed E-state index contributed by atoms with van der Waals surface area (Å²) in [5, 5.41) is 16.7. The number of benzene rings is 2. The molecule has 2 amide bonds. The SMILES string of the molecule is O=C(CNC(=O)c1ccccc1)NN=Cc1ccc([N+](=O)[O-])cc1. The Hall–Kier alpha value is -3.55. The van der Waals surface area contributed by atoms with Crippen LogP contribution in [0.5, 0.6) is 0 Å². The van der Waals surface area contributed by atoms with Gasteiger partial charge in [0.25, 0.3) is 17.5 Å². The molecule has 0 saturated carbocycles. The van der Waals surface area contributed by atoms with E-state index in [1.165, 1.54) is 30.5 Å². The summed E-state index contributed by atoms with van der Waals surface area (Å²) < 4.78 is 0. The van der Waals surface area contributed by atoms with Crippen molar-refractivity contribution in [1.82, 2.24) is 10.7 Å². The fourth-order valence-corrected chi connectivity index (χ4v) is 1.75. The van der Waals surface area contributed by atoms with Crippen molar-refractivity contribution in [1.29, 1.82) is 0 Å². The monoisotopic (exact) mass is 326 g/mol. The van der Waals surface area contributed by atoms with E-state index in [0.29, 0.717) is 11.1 Å². The highest BCUT2D eigenvalue weighted by atomic mass is 16.6. The van der Waals surface area contributed by atoms with Crippen molar-refractivity contribution in [3.8, 4) is 0 Å². The Kier molecular flexibility index (Phi) is 5.73. The van der Waals surface area contributed by atoms with Gasteiger partial charge in [-0.3, -0.25) is 19.7 Å². The van der Waals surface area contributed by atoms with Gasteiger partial charge in [-0.05, 0) is 29.8 Å². The van der Waals surface area contributed by atoms with Crippen molar-refractivity contribution >= 4 is 23.7 Å². The molecule has 0 saturated heterocycles. The molecule has 0 aromatic heterocycles. The van der Waals surface area contributed by atoms with Crippen LogP contribution in [0.2, 0.25) is 0 Å². The van der Waals surface area contributed by atoms with E-state index in [-0.39, 0.29) is 18.1 Å². The number of carbonyl (C=O) groups is 2. The second-order valence-corrected chi connectivity index (χ2v) is 4.69. The fraction of sp³-hybridized carbons (Fsp3) is 0.0625. The molecular formula is C16H14N4O4. The maximum Gasteiger partial charge on any atom is 0.269 e. The lowest BCUT2D eigenvalue weighted by atomic mass is 10.2. The van der Waals surface area contributed by atoms with Crippen LogP contribution in [0, 0.1) is 10.1 Å². The minimum absolute atomic E-state index is 0.0280. The summed E-state index contributed by atoms with van der Waals surface area (Å²) in [6.07, 6.45) is 1.35. The van der Waals surface area contributed by atoms with Crippen molar-refractivity contribution in [2.24, 2.45) is 5.10 Å². The molecule has 0 aliphatic rings. The Labute approximate surface area is 137 Å². The topological polar surface area (TPSA) is 114 Å². The Balaban J connectivity index is 1.78. The molecule has 0 fully saturated rings. The summed E-state index contributed by atoms with van der Waals surface area (Å²) in [6, 6.07) is 14.2. The normalized spacial score (nSPS) is 10.3. The van der Waals surface area contributed by atoms with Crippen LogP contribution >= 0.6 is 0 Å². The van der Waals surface area contributed by atoms with Gasteiger partial charge in [-0.1, -0.05) is 18.2 Å². The molecule has 2 aromatic carbocycles. The zero-order valence-electron chi connectivity index (χ0n) is 12.5.